The summed E-state index contributed by atoms with van der Waals surface area (Å²) >= 11 is 0. The smallest absolute Gasteiger partial charge is 0.323 e. The van der Waals surface area contributed by atoms with E-state index < -0.39 is 0 Å². The van der Waals surface area contributed by atoms with Gasteiger partial charge in [-0.2, -0.15) is 15.0 Å². The number of rotatable bonds is 5. The lowest BCUT2D eigenvalue weighted by Gasteiger charge is -2.17. The van der Waals surface area contributed by atoms with E-state index in [0.717, 1.165) is 11.4 Å². The molecule has 21 heavy (non-hydrogen) atoms. The van der Waals surface area contributed by atoms with Crippen LogP contribution >= 0.6 is 0 Å². The van der Waals surface area contributed by atoms with Crippen LogP contribution < -0.4 is 20.7 Å². The molecule has 2 rings (SSSR count). The predicted octanol–water partition coefficient (Wildman–Crippen LogP) is 1.97. The first-order valence-corrected chi connectivity index (χ1v) is 6.69. The molecule has 112 valence electrons. The fourth-order valence-corrected chi connectivity index (χ4v) is 1.92. The molecule has 1 aromatic heterocycles. The van der Waals surface area contributed by atoms with E-state index in [0.29, 0.717) is 12.6 Å². The molecule has 1 aromatic carbocycles. The molecular weight excluding hydrogens is 268 g/mol. The minimum Gasteiger partial charge on any atom is -0.464 e. The second-order valence-electron chi connectivity index (χ2n) is 4.75. The first-order valence-electron chi connectivity index (χ1n) is 6.69. The normalized spacial score (nSPS) is 10.3. The van der Waals surface area contributed by atoms with Crippen molar-refractivity contribution in [2.75, 3.05) is 36.7 Å². The van der Waals surface area contributed by atoms with E-state index in [1.165, 1.54) is 5.56 Å². The van der Waals surface area contributed by atoms with Crippen molar-refractivity contribution in [3.8, 4) is 6.01 Å². The van der Waals surface area contributed by atoms with E-state index in [1.54, 1.807) is 0 Å². The van der Waals surface area contributed by atoms with E-state index in [4.69, 9.17) is 10.5 Å². The average Bonchev–Trinajstić information content (AvgIpc) is 2.40. The minimum absolute atomic E-state index is 0.121. The Hall–Kier alpha value is -2.57. The molecule has 0 aliphatic rings. The van der Waals surface area contributed by atoms with Crippen LogP contribution in [0.3, 0.4) is 0 Å². The standard InChI is InChI=1S/C14H20N6O/c1-5-21-14-18-12(15)17-13(19-14)16-10-7-6-9(2)11(8-10)20(3)4/h6-8H,5H2,1-4H3,(H3,15,16,17,18,19). The number of hydrogen-bond donors (Lipinski definition) is 2. The maximum Gasteiger partial charge on any atom is 0.323 e. The first-order chi connectivity index (χ1) is 9.99. The van der Waals surface area contributed by atoms with Crippen LogP contribution in [0, 0.1) is 6.92 Å². The molecule has 0 radical (unpaired) electrons. The molecule has 7 nitrogen and oxygen atoms in total. The Morgan fingerprint density at radius 3 is 2.67 bits per heavy atom. The predicted molar refractivity (Wildman–Crippen MR) is 84.2 cm³/mol. The number of hydrogen-bond acceptors (Lipinski definition) is 7. The molecule has 1 heterocycles. The zero-order chi connectivity index (χ0) is 15.4. The number of aryl methyl sites for hydroxylation is 1. The topological polar surface area (TPSA) is 89.2 Å². The van der Waals surface area contributed by atoms with E-state index in [9.17, 15) is 0 Å². The molecular formula is C14H20N6O. The summed E-state index contributed by atoms with van der Waals surface area (Å²) in [5.74, 6) is 0.482. The summed E-state index contributed by atoms with van der Waals surface area (Å²) in [7, 11) is 4.00. The summed E-state index contributed by atoms with van der Waals surface area (Å²) in [6, 6.07) is 6.23. The summed E-state index contributed by atoms with van der Waals surface area (Å²) < 4.78 is 5.26. The van der Waals surface area contributed by atoms with Gasteiger partial charge in [0.1, 0.15) is 0 Å². The lowest BCUT2D eigenvalue weighted by molar-refractivity contribution is 0.312. The third-order valence-corrected chi connectivity index (χ3v) is 2.85. The Kier molecular flexibility index (Phi) is 4.42. The van der Waals surface area contributed by atoms with Crippen molar-refractivity contribution < 1.29 is 4.74 Å². The number of nitrogens with one attached hydrogen (secondary N) is 1. The number of anilines is 4. The molecule has 0 aliphatic carbocycles. The molecule has 0 saturated heterocycles. The van der Waals surface area contributed by atoms with Gasteiger partial charge in [0.2, 0.25) is 11.9 Å². The van der Waals surface area contributed by atoms with E-state index >= 15 is 0 Å². The highest BCUT2D eigenvalue weighted by Crippen LogP contribution is 2.24. The van der Waals surface area contributed by atoms with Crippen LogP contribution in [0.15, 0.2) is 18.2 Å². The number of ether oxygens (including phenoxy) is 1. The van der Waals surface area contributed by atoms with Crippen molar-refractivity contribution in [3.63, 3.8) is 0 Å². The van der Waals surface area contributed by atoms with E-state index in [-0.39, 0.29) is 12.0 Å². The van der Waals surface area contributed by atoms with Gasteiger partial charge in [-0.05, 0) is 31.5 Å². The van der Waals surface area contributed by atoms with Gasteiger partial charge in [0.05, 0.1) is 6.61 Å². The maximum atomic E-state index is 5.66. The summed E-state index contributed by atoms with van der Waals surface area (Å²) in [4.78, 5) is 14.2. The van der Waals surface area contributed by atoms with Gasteiger partial charge in [-0.3, -0.25) is 0 Å². The van der Waals surface area contributed by atoms with Crippen molar-refractivity contribution in [2.45, 2.75) is 13.8 Å². The molecule has 0 bridgehead atoms. The monoisotopic (exact) mass is 288 g/mol. The van der Waals surface area contributed by atoms with Crippen molar-refractivity contribution in [1.29, 1.82) is 0 Å². The zero-order valence-corrected chi connectivity index (χ0v) is 12.7. The number of nitrogens with zero attached hydrogens (tertiary/aromatic N) is 4. The SMILES string of the molecule is CCOc1nc(N)nc(Nc2ccc(C)c(N(C)C)c2)n1. The van der Waals surface area contributed by atoms with Gasteiger partial charge < -0.3 is 20.7 Å². The molecule has 0 spiro atoms. The molecule has 0 saturated carbocycles. The van der Waals surface area contributed by atoms with Crippen LogP contribution in [0.1, 0.15) is 12.5 Å². The molecule has 7 heteroatoms. The molecule has 0 atom stereocenters. The Balaban J connectivity index is 2.27. The summed E-state index contributed by atoms with van der Waals surface area (Å²) in [6.07, 6.45) is 0. The first kappa shape index (κ1) is 14.8. The van der Waals surface area contributed by atoms with Crippen molar-refractivity contribution >= 4 is 23.3 Å². The van der Waals surface area contributed by atoms with Gasteiger partial charge in [0.15, 0.2) is 0 Å². The number of benzene rings is 1. The van der Waals surface area contributed by atoms with Gasteiger partial charge >= 0.3 is 6.01 Å². The van der Waals surface area contributed by atoms with Gasteiger partial charge in [0, 0.05) is 25.5 Å². The average molecular weight is 288 g/mol. The second-order valence-corrected chi connectivity index (χ2v) is 4.75. The zero-order valence-electron chi connectivity index (χ0n) is 12.7. The maximum absolute atomic E-state index is 5.66. The van der Waals surface area contributed by atoms with Crippen LogP contribution in [0.2, 0.25) is 0 Å². The number of aromatic nitrogens is 3. The van der Waals surface area contributed by atoms with Crippen molar-refractivity contribution in [2.24, 2.45) is 0 Å². The van der Waals surface area contributed by atoms with E-state index in [2.05, 4.69) is 27.2 Å². The Labute approximate surface area is 124 Å². The van der Waals surface area contributed by atoms with Crippen LogP contribution in [0.4, 0.5) is 23.3 Å². The Morgan fingerprint density at radius 2 is 2.00 bits per heavy atom. The molecule has 2 aromatic rings. The summed E-state index contributed by atoms with van der Waals surface area (Å²) in [5, 5.41) is 3.12. The molecule has 3 N–H and O–H groups in total. The lowest BCUT2D eigenvalue weighted by Crippen LogP contribution is -2.11. The quantitative estimate of drug-likeness (QED) is 0.869. The second kappa shape index (κ2) is 6.25. The van der Waals surface area contributed by atoms with Gasteiger partial charge in [-0.1, -0.05) is 6.07 Å². The Bertz CT molecular complexity index is 629. The third-order valence-electron chi connectivity index (χ3n) is 2.85. The van der Waals surface area contributed by atoms with Gasteiger partial charge in [-0.15, -0.1) is 0 Å². The Morgan fingerprint density at radius 1 is 1.24 bits per heavy atom. The van der Waals surface area contributed by atoms with Crippen LogP contribution in [-0.2, 0) is 0 Å². The van der Waals surface area contributed by atoms with Crippen LogP contribution in [-0.4, -0.2) is 35.7 Å². The highest BCUT2D eigenvalue weighted by molar-refractivity contribution is 5.65. The van der Waals surface area contributed by atoms with Crippen LogP contribution in [0.5, 0.6) is 6.01 Å². The third kappa shape index (κ3) is 3.71. The van der Waals surface area contributed by atoms with E-state index in [1.807, 2.05) is 44.1 Å². The lowest BCUT2D eigenvalue weighted by atomic mass is 10.1. The molecule has 0 aliphatic heterocycles. The minimum atomic E-state index is 0.121. The largest absolute Gasteiger partial charge is 0.464 e. The molecule has 0 amide bonds. The van der Waals surface area contributed by atoms with Gasteiger partial charge in [-0.25, -0.2) is 0 Å². The van der Waals surface area contributed by atoms with Gasteiger partial charge in [0.25, 0.3) is 0 Å². The van der Waals surface area contributed by atoms with Crippen LogP contribution in [0.25, 0.3) is 0 Å². The van der Waals surface area contributed by atoms with Crippen molar-refractivity contribution in [3.05, 3.63) is 23.8 Å². The highest BCUT2D eigenvalue weighted by atomic mass is 16.5. The van der Waals surface area contributed by atoms with Crippen molar-refractivity contribution in [1.82, 2.24) is 15.0 Å². The summed E-state index contributed by atoms with van der Waals surface area (Å²) in [5.41, 5.74) is 8.84. The fraction of sp³-hybridized carbons (Fsp3) is 0.357. The number of nitrogen functional groups attached to an aromatic ring is 1. The number of nitrogens with two attached hydrogens (primary N) is 1. The molecule has 0 fully saturated rings. The highest BCUT2D eigenvalue weighted by Gasteiger charge is 2.07. The molecule has 0 unspecified atom stereocenters. The summed E-state index contributed by atoms with van der Waals surface area (Å²) in [6.45, 7) is 4.39. The fourth-order valence-electron chi connectivity index (χ4n) is 1.92.